The molecule has 0 saturated carbocycles. The zero-order valence-corrected chi connectivity index (χ0v) is 15.6. The summed E-state index contributed by atoms with van der Waals surface area (Å²) in [4.78, 5) is 4.89. The molecular formula is C23H22N2S. The highest BCUT2D eigenvalue weighted by Gasteiger charge is 2.26. The highest BCUT2D eigenvalue weighted by atomic mass is 32.2. The second-order valence-electron chi connectivity index (χ2n) is 6.57. The first-order valence-corrected chi connectivity index (χ1v) is 9.94. The van der Waals surface area contributed by atoms with Crippen LogP contribution in [0, 0.1) is 0 Å². The average molecular weight is 359 g/mol. The van der Waals surface area contributed by atoms with E-state index in [1.54, 1.807) is 11.8 Å². The number of nitrogens with one attached hydrogen (secondary N) is 1. The van der Waals surface area contributed by atoms with Crippen LogP contribution in [0.4, 0.5) is 0 Å². The number of rotatable bonds is 4. The second-order valence-corrected chi connectivity index (χ2v) is 7.54. The Balaban J connectivity index is 1.40. The lowest BCUT2D eigenvalue weighted by molar-refractivity contribution is 0.589. The summed E-state index contributed by atoms with van der Waals surface area (Å²) in [5, 5.41) is 4.56. The summed E-state index contributed by atoms with van der Waals surface area (Å²) in [6.45, 7) is 2.20. The Morgan fingerprint density at radius 1 is 0.808 bits per heavy atom. The van der Waals surface area contributed by atoms with Gasteiger partial charge < -0.3 is 5.32 Å². The van der Waals surface area contributed by atoms with Crippen LogP contribution in [0.1, 0.15) is 24.1 Å². The minimum absolute atomic E-state index is 0.208. The Morgan fingerprint density at radius 3 is 2.12 bits per heavy atom. The zero-order chi connectivity index (χ0) is 17.8. The lowest BCUT2D eigenvalue weighted by Gasteiger charge is -2.13. The molecule has 0 saturated heterocycles. The lowest BCUT2D eigenvalue weighted by Crippen LogP contribution is -2.27. The zero-order valence-electron chi connectivity index (χ0n) is 14.8. The third kappa shape index (κ3) is 3.83. The monoisotopic (exact) mass is 358 g/mol. The summed E-state index contributed by atoms with van der Waals surface area (Å²) in [6.07, 6.45) is 0. The van der Waals surface area contributed by atoms with E-state index in [1.807, 2.05) is 6.07 Å². The van der Waals surface area contributed by atoms with Gasteiger partial charge in [0.1, 0.15) is 0 Å². The van der Waals surface area contributed by atoms with Crippen molar-refractivity contribution in [1.82, 2.24) is 5.32 Å². The van der Waals surface area contributed by atoms with Crippen LogP contribution in [0.3, 0.4) is 0 Å². The molecule has 3 aromatic rings. The molecule has 0 aliphatic carbocycles. The molecule has 130 valence electrons. The Bertz CT molecular complexity index is 873. The molecule has 26 heavy (non-hydrogen) atoms. The van der Waals surface area contributed by atoms with E-state index < -0.39 is 0 Å². The van der Waals surface area contributed by atoms with Crippen molar-refractivity contribution in [2.24, 2.45) is 4.99 Å². The van der Waals surface area contributed by atoms with E-state index in [0.29, 0.717) is 6.04 Å². The van der Waals surface area contributed by atoms with Crippen molar-refractivity contribution in [2.75, 3.05) is 0 Å². The number of hydrogen-bond acceptors (Lipinski definition) is 3. The Labute approximate surface area is 159 Å². The van der Waals surface area contributed by atoms with E-state index in [2.05, 4.69) is 91.1 Å². The summed E-state index contributed by atoms with van der Waals surface area (Å²) >= 11 is 1.78. The Hall–Kier alpha value is -2.52. The molecule has 4 rings (SSSR count). The smallest absolute Gasteiger partial charge is 0.157 e. The maximum Gasteiger partial charge on any atom is 0.157 e. The third-order valence-electron chi connectivity index (χ3n) is 4.66. The van der Waals surface area contributed by atoms with Crippen molar-refractivity contribution in [3.8, 4) is 11.1 Å². The molecule has 0 unspecified atom stereocenters. The highest BCUT2D eigenvalue weighted by molar-refractivity contribution is 8.13. The maximum atomic E-state index is 4.89. The Morgan fingerprint density at radius 2 is 1.42 bits per heavy atom. The van der Waals surface area contributed by atoms with E-state index in [4.69, 9.17) is 4.99 Å². The van der Waals surface area contributed by atoms with Gasteiger partial charge in [0.05, 0.1) is 12.1 Å². The van der Waals surface area contributed by atoms with Crippen LogP contribution in [-0.4, -0.2) is 11.2 Å². The van der Waals surface area contributed by atoms with Crippen LogP contribution in [0.2, 0.25) is 0 Å². The van der Waals surface area contributed by atoms with Gasteiger partial charge in [-0.3, -0.25) is 4.99 Å². The topological polar surface area (TPSA) is 24.4 Å². The first-order chi connectivity index (χ1) is 12.8. The van der Waals surface area contributed by atoms with Crippen LogP contribution in [-0.2, 0) is 5.75 Å². The normalized spacial score (nSPS) is 19.0. The van der Waals surface area contributed by atoms with Crippen molar-refractivity contribution in [3.63, 3.8) is 0 Å². The molecule has 1 aliphatic heterocycles. The lowest BCUT2D eigenvalue weighted by atomic mass is 10.0. The van der Waals surface area contributed by atoms with Gasteiger partial charge in [0.25, 0.3) is 0 Å². The highest BCUT2D eigenvalue weighted by Crippen LogP contribution is 2.29. The SMILES string of the molecule is C[C@@H]1NC(SCc2ccc(-c3ccccc3)cc2)=N[C@@H]1c1ccccc1. The van der Waals surface area contributed by atoms with Crippen LogP contribution in [0.5, 0.6) is 0 Å². The third-order valence-corrected chi connectivity index (χ3v) is 5.63. The molecule has 1 heterocycles. The van der Waals surface area contributed by atoms with Crippen molar-refractivity contribution in [1.29, 1.82) is 0 Å². The summed E-state index contributed by atoms with van der Waals surface area (Å²) in [6, 6.07) is 30.4. The predicted octanol–water partition coefficient (Wildman–Crippen LogP) is 5.68. The molecule has 1 N–H and O–H groups in total. The second kappa shape index (κ2) is 7.79. The van der Waals surface area contributed by atoms with Gasteiger partial charge in [-0.15, -0.1) is 0 Å². The molecule has 2 nitrogen and oxygen atoms in total. The predicted molar refractivity (Wildman–Crippen MR) is 112 cm³/mol. The molecule has 0 radical (unpaired) electrons. The molecule has 1 aliphatic rings. The van der Waals surface area contributed by atoms with Gasteiger partial charge in [-0.2, -0.15) is 0 Å². The van der Waals surface area contributed by atoms with Gasteiger partial charge in [-0.25, -0.2) is 0 Å². The van der Waals surface area contributed by atoms with Crippen molar-refractivity contribution in [3.05, 3.63) is 96.1 Å². The first kappa shape index (κ1) is 16.9. The van der Waals surface area contributed by atoms with Crippen LogP contribution in [0.15, 0.2) is 89.9 Å². The summed E-state index contributed by atoms with van der Waals surface area (Å²) < 4.78 is 0. The number of amidine groups is 1. The first-order valence-electron chi connectivity index (χ1n) is 8.96. The molecule has 3 heteroatoms. The molecule has 3 aromatic carbocycles. The molecule has 0 aromatic heterocycles. The van der Waals surface area contributed by atoms with Crippen LogP contribution < -0.4 is 5.32 Å². The fourth-order valence-corrected chi connectivity index (χ4v) is 4.17. The number of nitrogens with zero attached hydrogens (tertiary/aromatic N) is 1. The fraction of sp³-hybridized carbons (Fsp3) is 0.174. The van der Waals surface area contributed by atoms with Gasteiger partial charge in [-0.1, -0.05) is 96.7 Å². The molecule has 0 fully saturated rings. The molecular weight excluding hydrogens is 336 g/mol. The minimum Gasteiger partial charge on any atom is -0.360 e. The number of thioether (sulfide) groups is 1. The van der Waals surface area contributed by atoms with Gasteiger partial charge in [0.15, 0.2) is 5.17 Å². The largest absolute Gasteiger partial charge is 0.360 e. The maximum absolute atomic E-state index is 4.89. The Kier molecular flexibility index (Phi) is 5.07. The van der Waals surface area contributed by atoms with E-state index in [9.17, 15) is 0 Å². The van der Waals surface area contributed by atoms with Gasteiger partial charge in [0.2, 0.25) is 0 Å². The van der Waals surface area contributed by atoms with Crippen LogP contribution in [0.25, 0.3) is 11.1 Å². The summed E-state index contributed by atoms with van der Waals surface area (Å²) in [5.74, 6) is 0.926. The number of benzene rings is 3. The van der Waals surface area contributed by atoms with E-state index in [0.717, 1.165) is 10.9 Å². The fourth-order valence-electron chi connectivity index (χ4n) is 3.22. The van der Waals surface area contributed by atoms with E-state index in [1.165, 1.54) is 22.3 Å². The summed E-state index contributed by atoms with van der Waals surface area (Å²) in [7, 11) is 0. The van der Waals surface area contributed by atoms with Crippen LogP contribution >= 0.6 is 11.8 Å². The van der Waals surface area contributed by atoms with Crippen molar-refractivity contribution < 1.29 is 0 Å². The quantitative estimate of drug-likeness (QED) is 0.649. The number of aliphatic imine (C=N–C) groups is 1. The van der Waals surface area contributed by atoms with E-state index >= 15 is 0 Å². The van der Waals surface area contributed by atoms with Gasteiger partial charge >= 0.3 is 0 Å². The van der Waals surface area contributed by atoms with Gasteiger partial charge in [0, 0.05) is 5.75 Å². The molecule has 0 amide bonds. The minimum atomic E-state index is 0.208. The average Bonchev–Trinajstić information content (AvgIpc) is 3.09. The molecule has 2 atom stereocenters. The molecule has 0 spiro atoms. The van der Waals surface area contributed by atoms with Crippen molar-refractivity contribution in [2.45, 2.75) is 24.8 Å². The standard InChI is InChI=1S/C23H22N2S/c1-17-22(21-10-6-3-7-11-21)25-23(24-17)26-16-18-12-14-20(15-13-18)19-8-4-2-5-9-19/h2-15,17,22H,16H2,1H3,(H,24,25)/t17-,22-/m0/s1. The molecule has 0 bridgehead atoms. The summed E-state index contributed by atoms with van der Waals surface area (Å²) in [5.41, 5.74) is 5.10. The number of hydrogen-bond donors (Lipinski definition) is 1. The van der Waals surface area contributed by atoms with Crippen molar-refractivity contribution >= 4 is 16.9 Å². The van der Waals surface area contributed by atoms with E-state index in [-0.39, 0.29) is 6.04 Å². The van der Waals surface area contributed by atoms with Gasteiger partial charge in [-0.05, 0) is 29.2 Å².